The van der Waals surface area contributed by atoms with E-state index >= 15 is 0 Å². The van der Waals surface area contributed by atoms with Crippen LogP contribution in [0.5, 0.6) is 0 Å². The highest BCUT2D eigenvalue weighted by molar-refractivity contribution is 5.12. The summed E-state index contributed by atoms with van der Waals surface area (Å²) in [5.74, 6) is 1.44. The molecule has 1 aromatic rings. The van der Waals surface area contributed by atoms with Crippen LogP contribution in [0.4, 0.5) is 0 Å². The van der Waals surface area contributed by atoms with Gasteiger partial charge in [-0.25, -0.2) is 0 Å². The van der Waals surface area contributed by atoms with Gasteiger partial charge in [0.1, 0.15) is 0 Å². The smallest absolute Gasteiger partial charge is 0.0270 e. The van der Waals surface area contributed by atoms with Gasteiger partial charge in [0.2, 0.25) is 0 Å². The minimum atomic E-state index is 0.279. The van der Waals surface area contributed by atoms with Gasteiger partial charge in [0.05, 0.1) is 0 Å². The summed E-state index contributed by atoms with van der Waals surface area (Å²) in [4.78, 5) is 4.09. The van der Waals surface area contributed by atoms with E-state index in [0.29, 0.717) is 12.0 Å². The molecule has 2 heteroatoms. The second-order valence-electron chi connectivity index (χ2n) is 6.71. The molecule has 0 aromatic carbocycles. The second-order valence-corrected chi connectivity index (χ2v) is 6.71. The highest BCUT2D eigenvalue weighted by atomic mass is 14.7. The maximum absolute atomic E-state index is 6.40. The monoisotopic (exact) mass is 246 g/mol. The Morgan fingerprint density at radius 1 is 1.28 bits per heavy atom. The van der Waals surface area contributed by atoms with E-state index in [0.717, 1.165) is 12.3 Å². The molecule has 0 amide bonds. The summed E-state index contributed by atoms with van der Waals surface area (Å²) in [5.41, 5.74) is 8.05. The zero-order valence-corrected chi connectivity index (χ0v) is 11.9. The Morgan fingerprint density at radius 3 is 2.56 bits per heavy atom. The van der Waals surface area contributed by atoms with E-state index in [1.54, 1.807) is 0 Å². The van der Waals surface area contributed by atoms with E-state index in [1.165, 1.54) is 24.8 Å². The third-order valence-corrected chi connectivity index (χ3v) is 4.57. The van der Waals surface area contributed by atoms with Crippen LogP contribution >= 0.6 is 0 Å². The summed E-state index contributed by atoms with van der Waals surface area (Å²) in [6.45, 7) is 7.06. The lowest BCUT2D eigenvalue weighted by Gasteiger charge is -2.43. The summed E-state index contributed by atoms with van der Waals surface area (Å²) < 4.78 is 0. The Labute approximate surface area is 111 Å². The predicted molar refractivity (Wildman–Crippen MR) is 76.2 cm³/mol. The molecule has 18 heavy (non-hydrogen) atoms. The minimum Gasteiger partial charge on any atom is -0.327 e. The van der Waals surface area contributed by atoms with Crippen LogP contribution in [-0.2, 0) is 6.42 Å². The van der Waals surface area contributed by atoms with Gasteiger partial charge in [0, 0.05) is 18.4 Å². The molecule has 0 radical (unpaired) electrons. The number of rotatable bonds is 3. The molecule has 0 bridgehead atoms. The van der Waals surface area contributed by atoms with Crippen molar-refractivity contribution in [1.82, 2.24) is 4.98 Å². The van der Waals surface area contributed by atoms with Crippen molar-refractivity contribution < 1.29 is 0 Å². The van der Waals surface area contributed by atoms with E-state index < -0.39 is 0 Å². The van der Waals surface area contributed by atoms with Gasteiger partial charge in [-0.3, -0.25) is 4.98 Å². The summed E-state index contributed by atoms with van der Waals surface area (Å²) in [6, 6.07) is 4.61. The normalized spacial score (nSPS) is 29.2. The first-order valence-electron chi connectivity index (χ1n) is 7.13. The van der Waals surface area contributed by atoms with Crippen LogP contribution in [0.2, 0.25) is 0 Å². The number of nitrogens with two attached hydrogens (primary N) is 1. The number of aromatic nitrogens is 1. The summed E-state index contributed by atoms with van der Waals surface area (Å²) in [5, 5.41) is 0. The zero-order chi connectivity index (χ0) is 13.2. The van der Waals surface area contributed by atoms with Gasteiger partial charge >= 0.3 is 0 Å². The molecule has 100 valence electrons. The molecule has 1 saturated carbocycles. The summed E-state index contributed by atoms with van der Waals surface area (Å²) in [6.07, 6.45) is 8.66. The first kappa shape index (κ1) is 13.5. The molecule has 1 aliphatic carbocycles. The van der Waals surface area contributed by atoms with Crippen LogP contribution in [-0.4, -0.2) is 11.0 Å². The van der Waals surface area contributed by atoms with Gasteiger partial charge in [-0.05, 0) is 54.2 Å². The molecular weight excluding hydrogens is 220 g/mol. The maximum atomic E-state index is 6.40. The number of nitrogens with zero attached hydrogens (tertiary/aromatic N) is 1. The van der Waals surface area contributed by atoms with Crippen molar-refractivity contribution in [2.75, 3.05) is 0 Å². The van der Waals surface area contributed by atoms with Crippen molar-refractivity contribution in [2.24, 2.45) is 23.0 Å². The van der Waals surface area contributed by atoms with Gasteiger partial charge in [0.15, 0.2) is 0 Å². The second kappa shape index (κ2) is 5.40. The molecule has 2 N–H and O–H groups in total. The van der Waals surface area contributed by atoms with Gasteiger partial charge in [-0.1, -0.05) is 27.2 Å². The fraction of sp³-hybridized carbons (Fsp3) is 0.688. The molecule has 1 heterocycles. The lowest BCUT2D eigenvalue weighted by atomic mass is 9.64. The Kier molecular flexibility index (Phi) is 4.06. The van der Waals surface area contributed by atoms with Gasteiger partial charge < -0.3 is 5.73 Å². The first-order chi connectivity index (χ1) is 8.49. The van der Waals surface area contributed by atoms with Gasteiger partial charge in [-0.15, -0.1) is 0 Å². The Morgan fingerprint density at radius 2 is 1.94 bits per heavy atom. The molecule has 0 spiro atoms. The zero-order valence-electron chi connectivity index (χ0n) is 11.9. The van der Waals surface area contributed by atoms with E-state index in [2.05, 4.69) is 37.9 Å². The van der Waals surface area contributed by atoms with Crippen molar-refractivity contribution in [3.8, 4) is 0 Å². The predicted octanol–water partition coefficient (Wildman–Crippen LogP) is 3.41. The van der Waals surface area contributed by atoms with Gasteiger partial charge in [-0.2, -0.15) is 0 Å². The Hall–Kier alpha value is -0.890. The van der Waals surface area contributed by atoms with Crippen LogP contribution in [0.1, 0.15) is 45.6 Å². The van der Waals surface area contributed by atoms with Gasteiger partial charge in [0.25, 0.3) is 0 Å². The van der Waals surface area contributed by atoms with E-state index in [-0.39, 0.29) is 5.41 Å². The fourth-order valence-electron chi connectivity index (χ4n) is 3.55. The van der Waals surface area contributed by atoms with E-state index in [4.69, 9.17) is 5.73 Å². The summed E-state index contributed by atoms with van der Waals surface area (Å²) >= 11 is 0. The van der Waals surface area contributed by atoms with Crippen LogP contribution in [0.3, 0.4) is 0 Å². The highest BCUT2D eigenvalue weighted by Gasteiger charge is 2.37. The van der Waals surface area contributed by atoms with Crippen molar-refractivity contribution >= 4 is 0 Å². The number of pyridine rings is 1. The lowest BCUT2D eigenvalue weighted by molar-refractivity contribution is 0.113. The third-order valence-electron chi connectivity index (χ3n) is 4.57. The first-order valence-corrected chi connectivity index (χ1v) is 7.13. The highest BCUT2D eigenvalue weighted by Crippen LogP contribution is 2.41. The Balaban J connectivity index is 2.06. The SMILES string of the molecule is CC1CCC(C(C)(C)Cc2ccncc2)C(N)C1. The van der Waals surface area contributed by atoms with Crippen molar-refractivity contribution in [3.63, 3.8) is 0 Å². The molecule has 3 atom stereocenters. The molecule has 2 rings (SSSR count). The fourth-order valence-corrected chi connectivity index (χ4v) is 3.55. The van der Waals surface area contributed by atoms with E-state index in [9.17, 15) is 0 Å². The standard InChI is InChI=1S/C16H26N2/c1-12-4-5-14(15(17)10-12)16(2,3)11-13-6-8-18-9-7-13/h6-9,12,14-15H,4-5,10-11,17H2,1-3H3. The number of hydrogen-bond acceptors (Lipinski definition) is 2. The molecule has 1 aliphatic rings. The van der Waals surface area contributed by atoms with Crippen LogP contribution < -0.4 is 5.73 Å². The summed E-state index contributed by atoms with van der Waals surface area (Å²) in [7, 11) is 0. The topological polar surface area (TPSA) is 38.9 Å². The largest absolute Gasteiger partial charge is 0.327 e. The molecule has 0 saturated heterocycles. The molecule has 1 fully saturated rings. The molecular formula is C16H26N2. The van der Waals surface area contributed by atoms with Crippen LogP contribution in [0.15, 0.2) is 24.5 Å². The minimum absolute atomic E-state index is 0.279. The molecule has 0 aliphatic heterocycles. The average molecular weight is 246 g/mol. The maximum Gasteiger partial charge on any atom is 0.0270 e. The van der Waals surface area contributed by atoms with E-state index in [1.807, 2.05) is 12.4 Å². The molecule has 3 unspecified atom stereocenters. The van der Waals surface area contributed by atoms with Crippen molar-refractivity contribution in [3.05, 3.63) is 30.1 Å². The third kappa shape index (κ3) is 3.11. The quantitative estimate of drug-likeness (QED) is 0.887. The lowest BCUT2D eigenvalue weighted by Crippen LogP contribution is -2.44. The van der Waals surface area contributed by atoms with Crippen molar-refractivity contribution in [1.29, 1.82) is 0 Å². The Bertz CT molecular complexity index is 372. The average Bonchev–Trinajstić information content (AvgIpc) is 2.29. The molecule has 2 nitrogen and oxygen atoms in total. The molecule has 1 aromatic heterocycles. The van der Waals surface area contributed by atoms with Crippen molar-refractivity contribution in [2.45, 2.75) is 52.5 Å². The van der Waals surface area contributed by atoms with Crippen LogP contribution in [0, 0.1) is 17.3 Å². The van der Waals surface area contributed by atoms with Crippen LogP contribution in [0.25, 0.3) is 0 Å². The number of hydrogen-bond donors (Lipinski definition) is 1.